The fourth-order valence-corrected chi connectivity index (χ4v) is 4.44. The van der Waals surface area contributed by atoms with Gasteiger partial charge in [-0.25, -0.2) is 4.79 Å². The minimum atomic E-state index is -1.61. The van der Waals surface area contributed by atoms with Crippen LogP contribution in [-0.2, 0) is 4.79 Å². The zero-order valence-corrected chi connectivity index (χ0v) is 21.7. The van der Waals surface area contributed by atoms with Gasteiger partial charge in [-0.2, -0.15) is 0 Å². The van der Waals surface area contributed by atoms with E-state index in [-0.39, 0.29) is 0 Å². The number of hydrogen-bond acceptors (Lipinski definition) is 2. The molecule has 0 saturated carbocycles. The first-order valence-corrected chi connectivity index (χ1v) is 13.7. The van der Waals surface area contributed by atoms with Crippen molar-refractivity contribution in [1.29, 1.82) is 0 Å². The van der Waals surface area contributed by atoms with E-state index in [1.165, 1.54) is 109 Å². The minimum Gasteiger partial charge on any atom is -0.479 e. The second kappa shape index (κ2) is 18.9. The van der Waals surface area contributed by atoms with Gasteiger partial charge < -0.3 is 10.2 Å². The first kappa shape index (κ1) is 30.4. The molecule has 3 heteroatoms. The molecule has 0 aromatic carbocycles. The van der Waals surface area contributed by atoms with E-state index >= 15 is 0 Å². The van der Waals surface area contributed by atoms with Crippen molar-refractivity contribution in [1.82, 2.24) is 0 Å². The lowest BCUT2D eigenvalue weighted by Gasteiger charge is -2.36. The first-order valence-electron chi connectivity index (χ1n) is 13.7. The molecule has 0 spiro atoms. The Balaban J connectivity index is 3.35. The number of carboxylic acid groups (broad SMARTS) is 1. The highest BCUT2D eigenvalue weighted by atomic mass is 16.4. The Morgan fingerprint density at radius 2 is 0.806 bits per heavy atom. The van der Waals surface area contributed by atoms with Crippen molar-refractivity contribution >= 4 is 5.97 Å². The molecule has 0 aliphatic carbocycles. The third-order valence-electron chi connectivity index (χ3n) is 6.99. The van der Waals surface area contributed by atoms with Crippen molar-refractivity contribution in [2.24, 2.45) is 5.41 Å². The lowest BCUT2D eigenvalue weighted by atomic mass is 9.73. The molecule has 31 heavy (non-hydrogen) atoms. The van der Waals surface area contributed by atoms with Gasteiger partial charge >= 0.3 is 5.97 Å². The summed E-state index contributed by atoms with van der Waals surface area (Å²) in [5.41, 5.74) is -2.24. The summed E-state index contributed by atoms with van der Waals surface area (Å²) in [6, 6.07) is 0. The van der Waals surface area contributed by atoms with Crippen LogP contribution in [0.4, 0.5) is 0 Å². The Bertz CT molecular complexity index is 413. The maximum atomic E-state index is 11.4. The quantitative estimate of drug-likeness (QED) is 0.165. The number of carboxylic acids is 1. The summed E-state index contributed by atoms with van der Waals surface area (Å²) in [4.78, 5) is 11.4. The van der Waals surface area contributed by atoms with Crippen LogP contribution in [0.15, 0.2) is 0 Å². The molecule has 1 atom stereocenters. The molecule has 1 unspecified atom stereocenters. The van der Waals surface area contributed by atoms with E-state index < -0.39 is 17.0 Å². The van der Waals surface area contributed by atoms with Gasteiger partial charge in [0.1, 0.15) is 0 Å². The molecule has 186 valence electrons. The van der Waals surface area contributed by atoms with Crippen molar-refractivity contribution in [2.75, 3.05) is 0 Å². The van der Waals surface area contributed by atoms with E-state index in [4.69, 9.17) is 0 Å². The molecule has 0 aromatic rings. The van der Waals surface area contributed by atoms with Gasteiger partial charge in [0.15, 0.2) is 5.60 Å². The van der Waals surface area contributed by atoms with Gasteiger partial charge in [-0.05, 0) is 12.8 Å². The normalized spacial score (nSPS) is 14.0. The SMILES string of the molecule is CCCCCCCCCCCCCCCCCCCCCCC(O)(C(=O)O)C(C)(C)C. The molecule has 0 bridgehead atoms. The van der Waals surface area contributed by atoms with Crippen molar-refractivity contribution in [3.8, 4) is 0 Å². The monoisotopic (exact) mass is 440 g/mol. The van der Waals surface area contributed by atoms with Gasteiger partial charge in [0.05, 0.1) is 0 Å². The van der Waals surface area contributed by atoms with Gasteiger partial charge in [0.25, 0.3) is 0 Å². The topological polar surface area (TPSA) is 57.5 Å². The van der Waals surface area contributed by atoms with Crippen LogP contribution in [0.5, 0.6) is 0 Å². The van der Waals surface area contributed by atoms with Crippen LogP contribution >= 0.6 is 0 Å². The predicted molar refractivity (Wildman–Crippen MR) is 135 cm³/mol. The van der Waals surface area contributed by atoms with E-state index in [0.717, 1.165) is 19.3 Å². The molecule has 3 nitrogen and oxygen atoms in total. The Labute approximate surface area is 194 Å². The molecule has 0 fully saturated rings. The molecule has 2 N–H and O–H groups in total. The van der Waals surface area contributed by atoms with Crippen molar-refractivity contribution in [3.63, 3.8) is 0 Å². The minimum absolute atomic E-state index is 0.352. The average Bonchev–Trinajstić information content (AvgIpc) is 2.71. The van der Waals surface area contributed by atoms with Crippen LogP contribution in [0.2, 0.25) is 0 Å². The largest absolute Gasteiger partial charge is 0.479 e. The second-order valence-corrected chi connectivity index (χ2v) is 10.9. The summed E-state index contributed by atoms with van der Waals surface area (Å²) in [5, 5.41) is 19.9. The van der Waals surface area contributed by atoms with Crippen LogP contribution in [0, 0.1) is 5.41 Å². The van der Waals surface area contributed by atoms with Crippen LogP contribution in [0.25, 0.3) is 0 Å². The molecular weight excluding hydrogens is 384 g/mol. The van der Waals surface area contributed by atoms with Crippen molar-refractivity contribution in [3.05, 3.63) is 0 Å². The third kappa shape index (κ3) is 15.8. The van der Waals surface area contributed by atoms with E-state index in [2.05, 4.69) is 6.92 Å². The summed E-state index contributed by atoms with van der Waals surface area (Å²) in [7, 11) is 0. The van der Waals surface area contributed by atoms with Gasteiger partial charge in [-0.15, -0.1) is 0 Å². The Morgan fingerprint density at radius 3 is 1.03 bits per heavy atom. The molecule has 0 heterocycles. The zero-order valence-electron chi connectivity index (χ0n) is 21.7. The maximum absolute atomic E-state index is 11.4. The van der Waals surface area contributed by atoms with Crippen LogP contribution < -0.4 is 0 Å². The Morgan fingerprint density at radius 1 is 0.548 bits per heavy atom. The van der Waals surface area contributed by atoms with E-state index in [1.54, 1.807) is 20.8 Å². The highest BCUT2D eigenvalue weighted by molar-refractivity contribution is 5.78. The highest BCUT2D eigenvalue weighted by Crippen LogP contribution is 2.35. The summed E-state index contributed by atoms with van der Waals surface area (Å²) in [5.74, 6) is -1.09. The van der Waals surface area contributed by atoms with Crippen LogP contribution in [0.1, 0.15) is 163 Å². The van der Waals surface area contributed by atoms with Gasteiger partial charge in [-0.3, -0.25) is 0 Å². The van der Waals surface area contributed by atoms with Crippen molar-refractivity contribution in [2.45, 2.75) is 168 Å². The number of aliphatic carboxylic acids is 1. The van der Waals surface area contributed by atoms with Crippen LogP contribution in [0.3, 0.4) is 0 Å². The molecule has 0 aromatic heterocycles. The highest BCUT2D eigenvalue weighted by Gasteiger charge is 2.46. The average molecular weight is 441 g/mol. The van der Waals surface area contributed by atoms with Crippen LogP contribution in [-0.4, -0.2) is 21.8 Å². The lowest BCUT2D eigenvalue weighted by Crippen LogP contribution is -2.49. The summed E-state index contributed by atoms with van der Waals surface area (Å²) in [6.45, 7) is 7.69. The fourth-order valence-electron chi connectivity index (χ4n) is 4.44. The van der Waals surface area contributed by atoms with E-state index in [1.807, 2.05) is 0 Å². The van der Waals surface area contributed by atoms with Gasteiger partial charge in [0, 0.05) is 5.41 Å². The summed E-state index contributed by atoms with van der Waals surface area (Å²) < 4.78 is 0. The van der Waals surface area contributed by atoms with E-state index in [9.17, 15) is 15.0 Å². The molecule has 0 aliphatic rings. The number of aliphatic hydroxyl groups is 1. The predicted octanol–water partition coefficient (Wildman–Crippen LogP) is 9.06. The van der Waals surface area contributed by atoms with Crippen molar-refractivity contribution < 1.29 is 15.0 Å². The molecular formula is C28H56O3. The number of carbonyl (C=O) groups is 1. The molecule has 0 saturated heterocycles. The van der Waals surface area contributed by atoms with Gasteiger partial charge in [-0.1, -0.05) is 150 Å². The summed E-state index contributed by atoms with van der Waals surface area (Å²) >= 11 is 0. The molecule has 0 rings (SSSR count). The van der Waals surface area contributed by atoms with Gasteiger partial charge in [0.2, 0.25) is 0 Å². The third-order valence-corrected chi connectivity index (χ3v) is 6.99. The Hall–Kier alpha value is -0.570. The smallest absolute Gasteiger partial charge is 0.336 e. The standard InChI is InChI=1S/C28H56O3/c1-5-6-7-8-9-10-11-12-13-14-15-16-17-18-19-20-21-22-23-24-25-28(31,26(29)30)27(2,3)4/h31H,5-25H2,1-4H3,(H,29,30). The molecule has 0 aliphatic heterocycles. The molecule has 0 radical (unpaired) electrons. The summed E-state index contributed by atoms with van der Waals surface area (Å²) in [6.07, 6.45) is 27.0. The zero-order chi connectivity index (χ0) is 23.4. The molecule has 0 amide bonds. The fraction of sp³-hybridized carbons (Fsp3) is 0.964. The van der Waals surface area contributed by atoms with E-state index in [0.29, 0.717) is 6.42 Å². The number of unbranched alkanes of at least 4 members (excludes halogenated alkanes) is 19. The second-order valence-electron chi connectivity index (χ2n) is 10.9. The first-order chi connectivity index (χ1) is 14.8. The lowest BCUT2D eigenvalue weighted by molar-refractivity contribution is -0.172. The number of hydrogen-bond donors (Lipinski definition) is 2. The Kier molecular flexibility index (Phi) is 18.6. The maximum Gasteiger partial charge on any atom is 0.336 e. The number of rotatable bonds is 22.